The van der Waals surface area contributed by atoms with Crippen molar-refractivity contribution in [2.24, 2.45) is 0 Å². The second-order valence-electron chi connectivity index (χ2n) is 2.31. The van der Waals surface area contributed by atoms with Gasteiger partial charge in [-0.2, -0.15) is 0 Å². The van der Waals surface area contributed by atoms with E-state index in [0.29, 0.717) is 0 Å². The molecule has 0 fully saturated rings. The molecule has 1 rings (SSSR count). The molecule has 0 N–H and O–H groups in total. The van der Waals surface area contributed by atoms with Crippen LogP contribution in [0.15, 0.2) is 10.5 Å². The number of hydrogen-bond donors (Lipinski definition) is 0. The van der Waals surface area contributed by atoms with Crippen LogP contribution in [0.1, 0.15) is 19.4 Å². The Kier molecular flexibility index (Phi) is 5.69. The highest BCUT2D eigenvalue weighted by atomic mass is 79.9. The molecule has 4 heteroatoms. The molecule has 0 atom stereocenters. The van der Waals surface area contributed by atoms with E-state index in [1.165, 1.54) is 20.1 Å². The lowest BCUT2D eigenvalue weighted by molar-refractivity contribution is 0.379. The number of ether oxygens (including phenoxy) is 1. The van der Waals surface area contributed by atoms with Crippen molar-refractivity contribution < 1.29 is 13.5 Å². The van der Waals surface area contributed by atoms with Gasteiger partial charge in [-0.1, -0.05) is 13.8 Å². The first-order valence-corrected chi connectivity index (χ1v) is 5.05. The first kappa shape index (κ1) is 13.4. The zero-order valence-corrected chi connectivity index (χ0v) is 10.2. The number of hydrogen-bond acceptors (Lipinski definition) is 1. The molecule has 0 radical (unpaired) electrons. The van der Waals surface area contributed by atoms with E-state index in [4.69, 9.17) is 4.74 Å². The SMILES string of the molecule is CC.COc1c(Br)cc(F)c(C)c1F. The van der Waals surface area contributed by atoms with Crippen LogP contribution in [-0.2, 0) is 0 Å². The highest BCUT2D eigenvalue weighted by Crippen LogP contribution is 2.31. The maximum Gasteiger partial charge on any atom is 0.172 e. The van der Waals surface area contributed by atoms with Crippen molar-refractivity contribution >= 4 is 15.9 Å². The average Bonchev–Trinajstić information content (AvgIpc) is 2.18. The lowest BCUT2D eigenvalue weighted by atomic mass is 10.2. The summed E-state index contributed by atoms with van der Waals surface area (Å²) in [7, 11) is 1.33. The van der Waals surface area contributed by atoms with Crippen LogP contribution in [0.2, 0.25) is 0 Å². The topological polar surface area (TPSA) is 9.23 Å². The van der Waals surface area contributed by atoms with Crippen LogP contribution in [0.4, 0.5) is 8.78 Å². The van der Waals surface area contributed by atoms with Gasteiger partial charge < -0.3 is 4.74 Å². The molecule has 0 aromatic heterocycles. The Labute approximate surface area is 91.2 Å². The lowest BCUT2D eigenvalue weighted by Crippen LogP contribution is -1.95. The molecule has 1 aromatic carbocycles. The Hall–Kier alpha value is -0.640. The van der Waals surface area contributed by atoms with Gasteiger partial charge in [0.2, 0.25) is 0 Å². The molecule has 0 amide bonds. The van der Waals surface area contributed by atoms with Crippen molar-refractivity contribution in [1.82, 2.24) is 0 Å². The predicted octanol–water partition coefficient (Wildman–Crippen LogP) is 4.07. The molecule has 0 heterocycles. The molecule has 0 unspecified atom stereocenters. The van der Waals surface area contributed by atoms with Crippen LogP contribution < -0.4 is 4.74 Å². The number of halogens is 3. The van der Waals surface area contributed by atoms with Gasteiger partial charge in [-0.15, -0.1) is 0 Å². The third-order valence-electron chi connectivity index (χ3n) is 1.56. The summed E-state index contributed by atoms with van der Waals surface area (Å²) in [4.78, 5) is 0. The fourth-order valence-corrected chi connectivity index (χ4v) is 1.39. The van der Waals surface area contributed by atoms with Crippen molar-refractivity contribution in [2.75, 3.05) is 7.11 Å². The first-order chi connectivity index (χ1) is 6.57. The highest BCUT2D eigenvalue weighted by Gasteiger charge is 2.14. The van der Waals surface area contributed by atoms with E-state index >= 15 is 0 Å². The van der Waals surface area contributed by atoms with Gasteiger partial charge in [0.25, 0.3) is 0 Å². The molecule has 0 aliphatic heterocycles. The number of rotatable bonds is 1. The molecule has 1 aromatic rings. The molecule has 0 aliphatic carbocycles. The van der Waals surface area contributed by atoms with Gasteiger partial charge in [-0.25, -0.2) is 8.78 Å². The van der Waals surface area contributed by atoms with Crippen LogP contribution in [0.25, 0.3) is 0 Å². The van der Waals surface area contributed by atoms with Gasteiger partial charge in [-0.3, -0.25) is 0 Å². The van der Waals surface area contributed by atoms with Gasteiger partial charge in [-0.05, 0) is 28.9 Å². The summed E-state index contributed by atoms with van der Waals surface area (Å²) in [5, 5.41) is 0. The van der Waals surface area contributed by atoms with Crippen molar-refractivity contribution in [3.8, 4) is 5.75 Å². The van der Waals surface area contributed by atoms with E-state index < -0.39 is 11.6 Å². The Morgan fingerprint density at radius 3 is 2.21 bits per heavy atom. The first-order valence-electron chi connectivity index (χ1n) is 4.26. The maximum absolute atomic E-state index is 13.1. The molecular formula is C10H13BrF2O. The Morgan fingerprint density at radius 1 is 1.29 bits per heavy atom. The molecule has 0 bridgehead atoms. The molecule has 0 saturated heterocycles. The molecule has 1 nitrogen and oxygen atoms in total. The third-order valence-corrected chi connectivity index (χ3v) is 2.15. The summed E-state index contributed by atoms with van der Waals surface area (Å²) in [6.07, 6.45) is 0. The Morgan fingerprint density at radius 2 is 1.79 bits per heavy atom. The molecule has 0 spiro atoms. The van der Waals surface area contributed by atoms with E-state index in [1.54, 1.807) is 0 Å². The zero-order valence-electron chi connectivity index (χ0n) is 8.62. The van der Waals surface area contributed by atoms with Crippen LogP contribution in [0.5, 0.6) is 5.75 Å². The van der Waals surface area contributed by atoms with Gasteiger partial charge in [0.15, 0.2) is 11.6 Å². The minimum atomic E-state index is -0.663. The Balaban J connectivity index is 0.000000791. The second-order valence-corrected chi connectivity index (χ2v) is 3.17. The van der Waals surface area contributed by atoms with E-state index in [1.807, 2.05) is 13.8 Å². The van der Waals surface area contributed by atoms with Gasteiger partial charge in [0, 0.05) is 5.56 Å². The largest absolute Gasteiger partial charge is 0.492 e. The molecule has 0 aliphatic rings. The fraction of sp³-hybridized carbons (Fsp3) is 0.400. The average molecular weight is 267 g/mol. The van der Waals surface area contributed by atoms with E-state index in [-0.39, 0.29) is 15.8 Å². The lowest BCUT2D eigenvalue weighted by Gasteiger charge is -2.07. The maximum atomic E-state index is 13.1. The van der Waals surface area contributed by atoms with Gasteiger partial charge >= 0.3 is 0 Å². The molecule has 80 valence electrons. The highest BCUT2D eigenvalue weighted by molar-refractivity contribution is 9.10. The minimum absolute atomic E-state index is 0.0324. The van der Waals surface area contributed by atoms with Crippen LogP contribution in [-0.4, -0.2) is 7.11 Å². The van der Waals surface area contributed by atoms with E-state index in [0.717, 1.165) is 0 Å². The summed E-state index contributed by atoms with van der Waals surface area (Å²) < 4.78 is 31.0. The van der Waals surface area contributed by atoms with Crippen molar-refractivity contribution in [1.29, 1.82) is 0 Å². The molecular weight excluding hydrogens is 254 g/mol. The van der Waals surface area contributed by atoms with Crippen molar-refractivity contribution in [2.45, 2.75) is 20.8 Å². The zero-order chi connectivity index (χ0) is 11.3. The van der Waals surface area contributed by atoms with Crippen molar-refractivity contribution in [3.05, 3.63) is 27.7 Å². The summed E-state index contributed by atoms with van der Waals surface area (Å²) in [5.74, 6) is -1.21. The number of benzene rings is 1. The molecule has 0 saturated carbocycles. The Bertz CT molecular complexity index is 313. The van der Waals surface area contributed by atoms with Crippen LogP contribution in [0.3, 0.4) is 0 Å². The van der Waals surface area contributed by atoms with Crippen LogP contribution >= 0.6 is 15.9 Å². The van der Waals surface area contributed by atoms with E-state index in [9.17, 15) is 8.78 Å². The van der Waals surface area contributed by atoms with Crippen molar-refractivity contribution in [3.63, 3.8) is 0 Å². The van der Waals surface area contributed by atoms with Gasteiger partial charge in [0.05, 0.1) is 11.6 Å². The fourth-order valence-electron chi connectivity index (χ4n) is 0.852. The second kappa shape index (κ2) is 5.96. The summed E-state index contributed by atoms with van der Waals surface area (Å²) >= 11 is 2.99. The normalized spacial score (nSPS) is 9.07. The van der Waals surface area contributed by atoms with E-state index in [2.05, 4.69) is 15.9 Å². The predicted molar refractivity (Wildman–Crippen MR) is 56.7 cm³/mol. The molecule has 14 heavy (non-hydrogen) atoms. The number of methoxy groups -OCH3 is 1. The standard InChI is InChI=1S/C8H7BrF2O.C2H6/c1-4-6(10)3-5(9)8(12-2)7(4)11;1-2/h3H,1-2H3;1-2H3. The quantitative estimate of drug-likeness (QED) is 0.745. The third kappa shape index (κ3) is 2.67. The minimum Gasteiger partial charge on any atom is -0.492 e. The summed E-state index contributed by atoms with van der Waals surface area (Å²) in [5.41, 5.74) is -0.0324. The summed E-state index contributed by atoms with van der Waals surface area (Å²) in [6, 6.07) is 1.18. The van der Waals surface area contributed by atoms with Gasteiger partial charge in [0.1, 0.15) is 5.82 Å². The smallest absolute Gasteiger partial charge is 0.172 e. The monoisotopic (exact) mass is 266 g/mol. The summed E-state index contributed by atoms with van der Waals surface area (Å²) in [6.45, 7) is 5.36. The van der Waals surface area contributed by atoms with Crippen LogP contribution in [0, 0.1) is 18.6 Å².